The number of benzene rings is 1. The molecule has 0 radical (unpaired) electrons. The highest BCUT2D eigenvalue weighted by atomic mass is 32.2. The lowest BCUT2D eigenvalue weighted by Gasteiger charge is -2.26. The molecular formula is C19H20FN3O6S. The lowest BCUT2D eigenvalue weighted by Crippen LogP contribution is -2.35. The van der Waals surface area contributed by atoms with Crippen LogP contribution < -0.4 is 15.2 Å². The average molecular weight is 437 g/mol. The van der Waals surface area contributed by atoms with Gasteiger partial charge in [0.1, 0.15) is 5.82 Å². The Balaban J connectivity index is 2.10. The number of imide groups is 1. The fourth-order valence-electron chi connectivity index (χ4n) is 3.29. The number of amides is 2. The Kier molecular flexibility index (Phi) is 6.32. The first-order chi connectivity index (χ1) is 14.3. The maximum Gasteiger partial charge on any atom is 0.265 e. The van der Waals surface area contributed by atoms with Crippen molar-refractivity contribution in [2.75, 3.05) is 25.2 Å². The first-order valence-corrected chi connectivity index (χ1v) is 10.3. The monoisotopic (exact) mass is 437 g/mol. The van der Waals surface area contributed by atoms with E-state index < -0.39 is 40.3 Å². The molecule has 2 atom stereocenters. The van der Waals surface area contributed by atoms with Gasteiger partial charge in [-0.25, -0.2) is 13.6 Å². The highest BCUT2D eigenvalue weighted by Crippen LogP contribution is 2.38. The van der Waals surface area contributed by atoms with Gasteiger partial charge in [-0.2, -0.15) is 0 Å². The smallest absolute Gasteiger partial charge is 0.265 e. The number of rotatable bonds is 8. The van der Waals surface area contributed by atoms with Crippen LogP contribution in [0.5, 0.6) is 11.6 Å². The van der Waals surface area contributed by atoms with Crippen molar-refractivity contribution in [2.45, 2.75) is 19.4 Å². The third-order valence-corrected chi connectivity index (χ3v) is 5.20. The second-order valence-corrected chi connectivity index (χ2v) is 7.42. The zero-order valence-electron chi connectivity index (χ0n) is 16.3. The van der Waals surface area contributed by atoms with Gasteiger partial charge in [-0.1, -0.05) is 0 Å². The number of hydrogen-bond donors (Lipinski definition) is 2. The molecule has 0 bridgehead atoms. The first-order valence-electron chi connectivity index (χ1n) is 9.01. The van der Waals surface area contributed by atoms with E-state index in [1.807, 2.05) is 0 Å². The maximum atomic E-state index is 14.3. The van der Waals surface area contributed by atoms with E-state index >= 15 is 0 Å². The number of hydrogen-bond acceptors (Lipinski definition) is 7. The molecule has 1 aliphatic heterocycles. The molecule has 0 spiro atoms. The van der Waals surface area contributed by atoms with E-state index in [0.29, 0.717) is 5.75 Å². The number of carbonyl (C=O) groups is 2. The number of nitrogens with two attached hydrogens (primary N) is 1. The van der Waals surface area contributed by atoms with Crippen molar-refractivity contribution in [3.8, 4) is 11.6 Å². The van der Waals surface area contributed by atoms with Gasteiger partial charge < -0.3 is 19.8 Å². The largest absolute Gasteiger partial charge is 0.491 e. The third kappa shape index (κ3) is 3.85. The van der Waals surface area contributed by atoms with Gasteiger partial charge in [0.15, 0.2) is 16.8 Å². The predicted octanol–water partition coefficient (Wildman–Crippen LogP) is 2.16. The molecule has 11 heteroatoms. The zero-order valence-corrected chi connectivity index (χ0v) is 17.1. The van der Waals surface area contributed by atoms with E-state index in [9.17, 15) is 22.7 Å². The molecule has 0 aliphatic carbocycles. The van der Waals surface area contributed by atoms with Crippen LogP contribution in [0.25, 0.3) is 0 Å². The number of halogens is 1. The number of nitrogen functional groups attached to an aromatic ring is 1. The Morgan fingerprint density at radius 2 is 1.93 bits per heavy atom. The summed E-state index contributed by atoms with van der Waals surface area (Å²) in [7, 11) is 1.43. The fourth-order valence-corrected chi connectivity index (χ4v) is 3.72. The molecular weight excluding hydrogens is 417 g/mol. The first kappa shape index (κ1) is 21.7. The van der Waals surface area contributed by atoms with Crippen LogP contribution in [0.1, 0.15) is 45.8 Å². The maximum absolute atomic E-state index is 14.3. The van der Waals surface area contributed by atoms with E-state index in [2.05, 4.69) is 4.98 Å². The topological polar surface area (TPSA) is 132 Å². The Labute approximate surface area is 174 Å². The van der Waals surface area contributed by atoms with E-state index in [0.717, 1.165) is 11.0 Å². The van der Waals surface area contributed by atoms with Gasteiger partial charge in [0.05, 0.1) is 42.3 Å². The Morgan fingerprint density at radius 3 is 2.53 bits per heavy atom. The lowest BCUT2D eigenvalue weighted by molar-refractivity contribution is 0.0573. The van der Waals surface area contributed by atoms with Crippen LogP contribution in [0, 0.1) is 5.82 Å². The number of fused-ring (bicyclic) bond motifs is 1. The van der Waals surface area contributed by atoms with Crippen molar-refractivity contribution in [2.24, 2.45) is 0 Å². The molecule has 0 saturated carbocycles. The fraction of sp³-hybridized carbons (Fsp3) is 0.316. The lowest BCUT2D eigenvalue weighted by atomic mass is 10.1. The van der Waals surface area contributed by atoms with Gasteiger partial charge in [0.25, 0.3) is 17.7 Å². The molecule has 160 valence electrons. The Bertz CT molecular complexity index is 991. The summed E-state index contributed by atoms with van der Waals surface area (Å²) >= 11 is -2.19. The van der Waals surface area contributed by atoms with Crippen LogP contribution in [-0.2, 0) is 11.1 Å². The van der Waals surface area contributed by atoms with Gasteiger partial charge in [-0.05, 0) is 37.6 Å². The minimum atomic E-state index is -2.19. The highest BCUT2D eigenvalue weighted by molar-refractivity contribution is 7.79. The predicted molar refractivity (Wildman–Crippen MR) is 106 cm³/mol. The molecule has 1 aromatic carbocycles. The van der Waals surface area contributed by atoms with E-state index in [1.165, 1.54) is 19.2 Å². The van der Waals surface area contributed by atoms with Crippen molar-refractivity contribution >= 4 is 28.6 Å². The van der Waals surface area contributed by atoms with Crippen LogP contribution in [-0.4, -0.2) is 49.9 Å². The van der Waals surface area contributed by atoms with Crippen molar-refractivity contribution < 1.29 is 32.2 Å². The van der Waals surface area contributed by atoms with E-state index in [1.54, 1.807) is 13.0 Å². The summed E-state index contributed by atoms with van der Waals surface area (Å²) in [6.07, 6.45) is -0.0823. The molecule has 2 unspecified atom stereocenters. The molecule has 2 heterocycles. The standard InChI is InChI=1S/C19H20FN3O6S/c1-3-29-17-14(28-2)7-6-12(22-17)13(8-9-30(26)27)23-18(24)15-10(20)4-5-11(21)16(15)19(23)25/h4-7,13H,3,8-9,21H2,1-2H3,(H,26,27). The second kappa shape index (κ2) is 8.76. The molecule has 0 fully saturated rings. The molecule has 2 aromatic rings. The summed E-state index contributed by atoms with van der Waals surface area (Å²) in [6, 6.07) is 4.23. The molecule has 30 heavy (non-hydrogen) atoms. The number of carbonyl (C=O) groups excluding carboxylic acids is 2. The van der Waals surface area contributed by atoms with Gasteiger partial charge >= 0.3 is 0 Å². The molecule has 2 amide bonds. The summed E-state index contributed by atoms with van der Waals surface area (Å²) in [4.78, 5) is 31.1. The SMILES string of the molecule is CCOc1nc(C(CCS(=O)O)N2C(=O)c3c(N)ccc(F)c3C2=O)ccc1OC. The van der Waals surface area contributed by atoms with Gasteiger partial charge in [-0.15, -0.1) is 0 Å². The number of methoxy groups -OCH3 is 1. The van der Waals surface area contributed by atoms with Crippen LogP contribution in [0.3, 0.4) is 0 Å². The van der Waals surface area contributed by atoms with Crippen LogP contribution in [0.15, 0.2) is 24.3 Å². The summed E-state index contributed by atoms with van der Waals surface area (Å²) in [5, 5.41) is 0. The average Bonchev–Trinajstić information content (AvgIpc) is 2.97. The van der Waals surface area contributed by atoms with Crippen LogP contribution in [0.4, 0.5) is 10.1 Å². The minimum absolute atomic E-state index is 0.0329. The van der Waals surface area contributed by atoms with Crippen molar-refractivity contribution in [3.63, 3.8) is 0 Å². The highest BCUT2D eigenvalue weighted by Gasteiger charge is 2.44. The zero-order chi connectivity index (χ0) is 22.0. The second-order valence-electron chi connectivity index (χ2n) is 6.37. The van der Waals surface area contributed by atoms with Crippen molar-refractivity contribution in [1.82, 2.24) is 9.88 Å². The van der Waals surface area contributed by atoms with E-state index in [4.69, 9.17) is 15.2 Å². The molecule has 1 aliphatic rings. The van der Waals surface area contributed by atoms with Crippen LogP contribution in [0.2, 0.25) is 0 Å². The number of pyridine rings is 1. The Morgan fingerprint density at radius 1 is 1.23 bits per heavy atom. The van der Waals surface area contributed by atoms with Crippen LogP contribution >= 0.6 is 0 Å². The summed E-state index contributed by atoms with van der Waals surface area (Å²) in [5.41, 5.74) is 5.35. The number of aromatic nitrogens is 1. The van der Waals surface area contributed by atoms with E-state index in [-0.39, 0.29) is 41.6 Å². The van der Waals surface area contributed by atoms with Gasteiger partial charge in [0, 0.05) is 5.69 Å². The number of anilines is 1. The van der Waals surface area contributed by atoms with Gasteiger partial charge in [0.2, 0.25) is 0 Å². The van der Waals surface area contributed by atoms with Crippen molar-refractivity contribution in [1.29, 1.82) is 0 Å². The molecule has 9 nitrogen and oxygen atoms in total. The normalized spacial score (nSPS) is 15.1. The molecule has 3 rings (SSSR count). The Hall–Kier alpha value is -3.05. The third-order valence-electron chi connectivity index (χ3n) is 4.62. The number of ether oxygens (including phenoxy) is 2. The minimum Gasteiger partial charge on any atom is -0.491 e. The molecule has 0 saturated heterocycles. The molecule has 3 N–H and O–H groups in total. The van der Waals surface area contributed by atoms with Crippen molar-refractivity contribution in [3.05, 3.63) is 46.9 Å². The molecule has 1 aromatic heterocycles. The quantitative estimate of drug-likeness (QED) is 0.365. The summed E-state index contributed by atoms with van der Waals surface area (Å²) in [6.45, 7) is 2.03. The van der Waals surface area contributed by atoms with Gasteiger partial charge in [-0.3, -0.25) is 14.5 Å². The summed E-state index contributed by atoms with van der Waals surface area (Å²) < 4.78 is 45.5. The number of nitrogens with zero attached hydrogens (tertiary/aromatic N) is 2. The summed E-state index contributed by atoms with van der Waals surface area (Å²) in [5.74, 6) is -2.33.